The average Bonchev–Trinajstić information content (AvgIpc) is 3.29. The van der Waals surface area contributed by atoms with Crippen molar-refractivity contribution in [3.05, 3.63) is 35.8 Å². The van der Waals surface area contributed by atoms with Gasteiger partial charge in [0, 0.05) is 18.6 Å². The molecule has 1 aliphatic carbocycles. The van der Waals surface area contributed by atoms with Gasteiger partial charge < -0.3 is 19.5 Å². The highest BCUT2D eigenvalue weighted by Crippen LogP contribution is 2.49. The highest BCUT2D eigenvalue weighted by Gasteiger charge is 2.69. The van der Waals surface area contributed by atoms with Gasteiger partial charge in [0.05, 0.1) is 15.2 Å². The van der Waals surface area contributed by atoms with Crippen LogP contribution >= 0.6 is 0 Å². The van der Waals surface area contributed by atoms with Crippen LogP contribution in [0.2, 0.25) is 19.6 Å². The molecular weight excluding hydrogens is 354 g/mol. The normalized spacial score (nSPS) is 33.4. The molecule has 0 unspecified atom stereocenters. The van der Waals surface area contributed by atoms with Gasteiger partial charge in [-0.1, -0.05) is 37.5 Å². The molecule has 2 heterocycles. The van der Waals surface area contributed by atoms with E-state index in [-0.39, 0.29) is 23.9 Å². The Morgan fingerprint density at radius 2 is 2.08 bits per heavy atom. The molecular formula is C18H23NO6Si. The van der Waals surface area contributed by atoms with Crippen LogP contribution in [0.5, 0.6) is 0 Å². The van der Waals surface area contributed by atoms with Gasteiger partial charge in [0.15, 0.2) is 11.9 Å². The summed E-state index contributed by atoms with van der Waals surface area (Å²) < 4.78 is 16.2. The molecule has 0 aromatic rings. The second-order valence-electron chi connectivity index (χ2n) is 7.75. The zero-order valence-electron chi connectivity index (χ0n) is 15.3. The largest absolute Gasteiger partial charge is 0.497 e. The Labute approximate surface area is 153 Å². The molecule has 26 heavy (non-hydrogen) atoms. The molecule has 2 fully saturated rings. The van der Waals surface area contributed by atoms with Crippen LogP contribution in [0.4, 0.5) is 0 Å². The Morgan fingerprint density at radius 3 is 2.73 bits per heavy atom. The molecule has 7 nitrogen and oxygen atoms in total. The van der Waals surface area contributed by atoms with Crippen molar-refractivity contribution < 1.29 is 28.6 Å². The summed E-state index contributed by atoms with van der Waals surface area (Å²) in [6.45, 7) is 6.57. The fourth-order valence-corrected chi connectivity index (χ4v) is 3.90. The van der Waals surface area contributed by atoms with Gasteiger partial charge in [-0.25, -0.2) is 4.79 Å². The Balaban J connectivity index is 1.66. The number of hydrogen-bond acceptors (Lipinski definition) is 6. The quantitative estimate of drug-likeness (QED) is 0.253. The second-order valence-corrected chi connectivity index (χ2v) is 12.8. The fraction of sp³-hybridized carbons (Fsp3) is 0.500. The first kappa shape index (κ1) is 18.6. The zero-order chi connectivity index (χ0) is 19.1. The van der Waals surface area contributed by atoms with Crippen LogP contribution in [0.1, 0.15) is 6.42 Å². The molecule has 0 saturated carbocycles. The zero-order valence-corrected chi connectivity index (χ0v) is 16.3. The van der Waals surface area contributed by atoms with E-state index in [1.165, 1.54) is 19.3 Å². The van der Waals surface area contributed by atoms with Crippen LogP contribution in [-0.4, -0.2) is 56.7 Å². The molecule has 2 saturated heterocycles. The molecule has 140 valence electrons. The molecule has 0 bridgehead atoms. The lowest BCUT2D eigenvalue weighted by Crippen LogP contribution is -2.44. The highest BCUT2D eigenvalue weighted by molar-refractivity contribution is 6.81. The number of carbonyl (C=O) groups is 3. The molecule has 0 radical (unpaired) electrons. The summed E-state index contributed by atoms with van der Waals surface area (Å²) in [5.74, 6) is -0.874. The summed E-state index contributed by atoms with van der Waals surface area (Å²) in [6.07, 6.45) is 5.23. The van der Waals surface area contributed by atoms with E-state index in [4.69, 9.17) is 14.2 Å². The number of nitrogens with one attached hydrogen (secondary N) is 1. The van der Waals surface area contributed by atoms with Gasteiger partial charge in [-0.05, 0) is 0 Å². The summed E-state index contributed by atoms with van der Waals surface area (Å²) in [7, 11) is 0.0911. The maximum absolute atomic E-state index is 12.3. The molecule has 0 aromatic carbocycles. The molecule has 2 aliphatic heterocycles. The molecule has 4 atom stereocenters. The number of rotatable bonds is 5. The van der Waals surface area contributed by atoms with Crippen molar-refractivity contribution in [3.8, 4) is 0 Å². The minimum Gasteiger partial charge on any atom is -0.497 e. The Bertz CT molecular complexity index is 734. The first-order valence-corrected chi connectivity index (χ1v) is 12.1. The number of ketones is 1. The standard InChI is InChI=1S/C18H23NO6Si/c1-23-13-9-12(20)15-16(24-15)18(13)10-11(17(22)25-18)19-14(21)7-5-6-8-26(2,3)4/h5-9,11,15-16H,10H2,1-4H3,(H,19,21)/b7-5+,8-6+/t11-,15-,16-,18+/m0/s1. The van der Waals surface area contributed by atoms with E-state index in [9.17, 15) is 14.4 Å². The van der Waals surface area contributed by atoms with Crippen molar-refractivity contribution in [2.45, 2.75) is 49.9 Å². The van der Waals surface area contributed by atoms with Crippen molar-refractivity contribution in [2.24, 2.45) is 0 Å². The van der Waals surface area contributed by atoms with E-state index in [0.29, 0.717) is 0 Å². The average molecular weight is 377 g/mol. The third-order valence-corrected chi connectivity index (χ3v) is 5.68. The molecule has 8 heteroatoms. The van der Waals surface area contributed by atoms with Crippen LogP contribution in [0.3, 0.4) is 0 Å². The van der Waals surface area contributed by atoms with E-state index in [1.54, 1.807) is 6.08 Å². The van der Waals surface area contributed by atoms with E-state index >= 15 is 0 Å². The van der Waals surface area contributed by atoms with Gasteiger partial charge in [0.25, 0.3) is 0 Å². The summed E-state index contributed by atoms with van der Waals surface area (Å²) in [6, 6.07) is -0.815. The number of allylic oxidation sites excluding steroid dienone is 2. The van der Waals surface area contributed by atoms with Gasteiger partial charge in [-0.15, -0.1) is 0 Å². The molecule has 3 rings (SSSR count). The Kier molecular flexibility index (Phi) is 4.66. The van der Waals surface area contributed by atoms with Gasteiger partial charge in [-0.2, -0.15) is 0 Å². The van der Waals surface area contributed by atoms with Crippen LogP contribution in [0.15, 0.2) is 35.8 Å². The van der Waals surface area contributed by atoms with Gasteiger partial charge in [0.2, 0.25) is 11.5 Å². The Hall–Kier alpha value is -2.19. The summed E-state index contributed by atoms with van der Waals surface area (Å²) in [5.41, 5.74) is 0.971. The van der Waals surface area contributed by atoms with Gasteiger partial charge in [0.1, 0.15) is 17.9 Å². The van der Waals surface area contributed by atoms with Crippen molar-refractivity contribution >= 4 is 25.7 Å². The maximum Gasteiger partial charge on any atom is 0.329 e. The van der Waals surface area contributed by atoms with E-state index in [2.05, 4.69) is 30.7 Å². The first-order valence-electron chi connectivity index (χ1n) is 8.51. The minimum absolute atomic E-state index is 0.171. The molecule has 3 aliphatic rings. The summed E-state index contributed by atoms with van der Waals surface area (Å²) in [4.78, 5) is 36.1. The predicted octanol–water partition coefficient (Wildman–Crippen LogP) is 1.03. The maximum atomic E-state index is 12.3. The topological polar surface area (TPSA) is 94.2 Å². The first-order chi connectivity index (χ1) is 12.2. The van der Waals surface area contributed by atoms with E-state index in [1.807, 2.05) is 6.08 Å². The fourth-order valence-electron chi connectivity index (χ4n) is 3.21. The monoisotopic (exact) mass is 377 g/mol. The van der Waals surface area contributed by atoms with Crippen LogP contribution < -0.4 is 5.32 Å². The predicted molar refractivity (Wildman–Crippen MR) is 95.8 cm³/mol. The second kappa shape index (κ2) is 6.51. The van der Waals surface area contributed by atoms with Gasteiger partial charge >= 0.3 is 5.97 Å². The van der Waals surface area contributed by atoms with E-state index in [0.717, 1.165) is 0 Å². The number of esters is 1. The van der Waals surface area contributed by atoms with Crippen molar-refractivity contribution in [2.75, 3.05) is 7.11 Å². The number of amides is 1. The Morgan fingerprint density at radius 1 is 1.35 bits per heavy atom. The van der Waals surface area contributed by atoms with Crippen LogP contribution in [-0.2, 0) is 28.6 Å². The third-order valence-electron chi connectivity index (χ3n) is 4.49. The smallest absolute Gasteiger partial charge is 0.329 e. The number of carbonyl (C=O) groups excluding carboxylic acids is 3. The molecule has 1 spiro atoms. The number of hydrogen-bond donors (Lipinski definition) is 1. The third kappa shape index (κ3) is 3.52. The summed E-state index contributed by atoms with van der Waals surface area (Å²) >= 11 is 0. The van der Waals surface area contributed by atoms with Crippen molar-refractivity contribution in [1.29, 1.82) is 0 Å². The number of epoxide rings is 1. The highest BCUT2D eigenvalue weighted by atomic mass is 28.3. The molecule has 1 N–H and O–H groups in total. The number of fused-ring (bicyclic) bond motifs is 2. The number of methoxy groups -OCH3 is 1. The van der Waals surface area contributed by atoms with Crippen molar-refractivity contribution in [3.63, 3.8) is 0 Å². The molecule has 1 amide bonds. The van der Waals surface area contributed by atoms with Crippen LogP contribution in [0.25, 0.3) is 0 Å². The van der Waals surface area contributed by atoms with Crippen molar-refractivity contribution in [1.82, 2.24) is 5.32 Å². The lowest BCUT2D eigenvalue weighted by Gasteiger charge is -2.29. The SMILES string of the molecule is COC1=CC(=O)[C@@H]2O[C@@H]2[C@@]12C[C@H](NC(=O)/C=C/C=C/[Si](C)(C)C)C(=O)O2. The lowest BCUT2D eigenvalue weighted by molar-refractivity contribution is -0.151. The van der Waals surface area contributed by atoms with E-state index < -0.39 is 37.9 Å². The number of ether oxygens (including phenoxy) is 3. The molecule has 0 aromatic heterocycles. The lowest BCUT2D eigenvalue weighted by atomic mass is 9.85. The minimum atomic E-state index is -1.32. The van der Waals surface area contributed by atoms with Crippen LogP contribution in [0, 0.1) is 0 Å². The summed E-state index contributed by atoms with van der Waals surface area (Å²) in [5, 5.41) is 2.65. The van der Waals surface area contributed by atoms with Gasteiger partial charge in [-0.3, -0.25) is 9.59 Å².